The molecule has 8 N–H and O–H groups in total. The highest BCUT2D eigenvalue weighted by molar-refractivity contribution is 8.15. The first kappa shape index (κ1) is 18.0. The number of hydrogen-bond acceptors (Lipinski definition) is 10. The molecule has 0 unspecified atom stereocenters. The zero-order chi connectivity index (χ0) is 15.7. The first-order valence-corrected chi connectivity index (χ1v) is 7.87. The van der Waals surface area contributed by atoms with Crippen LogP contribution in [0.15, 0.2) is 0 Å². The summed E-state index contributed by atoms with van der Waals surface area (Å²) in [5.41, 5.74) is 0. The van der Waals surface area contributed by atoms with Crippen LogP contribution in [-0.2, 0) is 19.2 Å². The number of ether oxygens (including phenoxy) is 1. The molecule has 0 aliphatic carbocycles. The molecule has 0 bridgehead atoms. The molecular formula is C6H15NO11S2. The van der Waals surface area contributed by atoms with E-state index in [0.29, 0.717) is 0 Å². The van der Waals surface area contributed by atoms with Crippen molar-refractivity contribution in [2.24, 2.45) is 0 Å². The van der Waals surface area contributed by atoms with E-state index in [1.807, 2.05) is 0 Å². The normalized spacial score (nSPS) is 36.9. The van der Waals surface area contributed by atoms with Crippen molar-refractivity contribution in [3.63, 3.8) is 0 Å². The van der Waals surface area contributed by atoms with Crippen LogP contribution in [0.1, 0.15) is 0 Å². The third-order valence-corrected chi connectivity index (χ3v) is 3.42. The van der Waals surface area contributed by atoms with Gasteiger partial charge in [0.05, 0.1) is 6.61 Å². The fraction of sp³-hybridized carbons (Fsp3) is 1.00. The lowest BCUT2D eigenvalue weighted by Crippen LogP contribution is -2.64. The van der Waals surface area contributed by atoms with E-state index in [-0.39, 0.29) is 0 Å². The van der Waals surface area contributed by atoms with Crippen molar-refractivity contribution >= 4 is 21.5 Å². The molecule has 0 aromatic heterocycles. The Morgan fingerprint density at radius 3 is 2.05 bits per heavy atom. The van der Waals surface area contributed by atoms with E-state index in [0.717, 1.165) is 0 Å². The van der Waals surface area contributed by atoms with Crippen LogP contribution in [-0.4, -0.2) is 79.2 Å². The van der Waals surface area contributed by atoms with Crippen molar-refractivity contribution in [3.8, 4) is 0 Å². The standard InChI is InChI=1S/C6H15NO11S2/c8-4-2(1-17-20(14,15)16)18-6(10)3(5(4)9)7-19(11,12)13/h2-10,14-16H,1H2,(H,11,12,13)/t2-,3-,4-,5-,6+/m1/s1. The third kappa shape index (κ3) is 5.35. The van der Waals surface area contributed by atoms with Gasteiger partial charge in [-0.1, -0.05) is 0 Å². The lowest BCUT2D eigenvalue weighted by molar-refractivity contribution is -0.250. The van der Waals surface area contributed by atoms with Crippen molar-refractivity contribution in [2.75, 3.05) is 6.61 Å². The minimum absolute atomic E-state index is 0.813. The molecule has 0 spiro atoms. The molecule has 1 saturated heterocycles. The van der Waals surface area contributed by atoms with Crippen molar-refractivity contribution in [1.29, 1.82) is 0 Å². The summed E-state index contributed by atoms with van der Waals surface area (Å²) >= 11 is -4.33. The molecule has 1 aliphatic heterocycles. The molecule has 20 heavy (non-hydrogen) atoms. The summed E-state index contributed by atoms with van der Waals surface area (Å²) in [6.45, 7) is -0.813. The molecule has 0 saturated carbocycles. The molecule has 5 atom stereocenters. The van der Waals surface area contributed by atoms with Crippen LogP contribution in [0.3, 0.4) is 0 Å². The lowest BCUT2D eigenvalue weighted by Gasteiger charge is -2.40. The van der Waals surface area contributed by atoms with E-state index in [1.54, 1.807) is 0 Å². The van der Waals surface area contributed by atoms with Crippen LogP contribution in [0, 0.1) is 0 Å². The molecule has 1 rings (SSSR count). The maximum absolute atomic E-state index is 10.6. The van der Waals surface area contributed by atoms with Crippen LogP contribution in [0.5, 0.6) is 0 Å². The Hall–Kier alpha value is -0.100. The average molecular weight is 341 g/mol. The zero-order valence-corrected chi connectivity index (χ0v) is 11.3. The zero-order valence-electron chi connectivity index (χ0n) is 9.67. The second-order valence-electron chi connectivity index (χ2n) is 3.92. The molecule has 1 heterocycles. The average Bonchev–Trinajstić information content (AvgIpc) is 2.25. The van der Waals surface area contributed by atoms with Gasteiger partial charge in [0, 0.05) is 0 Å². The van der Waals surface area contributed by atoms with Gasteiger partial charge in [-0.15, -0.1) is 0 Å². The predicted octanol–water partition coefficient (Wildman–Crippen LogP) is -2.66. The molecule has 0 aromatic rings. The van der Waals surface area contributed by atoms with Gasteiger partial charge in [0.2, 0.25) is 11.2 Å². The number of rotatable bonds is 5. The Morgan fingerprint density at radius 1 is 1.05 bits per heavy atom. The summed E-state index contributed by atoms with van der Waals surface area (Å²) in [5.74, 6) is 0. The summed E-state index contributed by atoms with van der Waals surface area (Å²) in [6, 6.07) is -1.76. The van der Waals surface area contributed by atoms with Gasteiger partial charge in [-0.2, -0.15) is 13.1 Å². The fourth-order valence-corrected chi connectivity index (χ4v) is 2.46. The van der Waals surface area contributed by atoms with Gasteiger partial charge in [0.15, 0.2) is 6.29 Å². The van der Waals surface area contributed by atoms with Crippen LogP contribution < -0.4 is 4.72 Å². The van der Waals surface area contributed by atoms with E-state index < -0.39 is 58.7 Å². The Morgan fingerprint density at radius 2 is 1.60 bits per heavy atom. The Labute approximate surface area is 115 Å². The van der Waals surface area contributed by atoms with E-state index in [4.69, 9.17) is 18.2 Å². The summed E-state index contributed by atoms with van der Waals surface area (Å²) in [6.07, 6.45) is -7.16. The van der Waals surface area contributed by atoms with Crippen LogP contribution in [0.2, 0.25) is 0 Å². The van der Waals surface area contributed by atoms with Crippen molar-refractivity contribution in [3.05, 3.63) is 0 Å². The molecule has 0 aromatic carbocycles. The van der Waals surface area contributed by atoms with Gasteiger partial charge in [-0.05, 0) is 0 Å². The number of aliphatic hydroxyl groups is 3. The minimum atomic E-state index is -4.77. The molecule has 12 nitrogen and oxygen atoms in total. The number of hydrogen-bond donors (Lipinski definition) is 8. The summed E-state index contributed by atoms with van der Waals surface area (Å²) < 4.78 is 65.7. The molecule has 1 aliphatic rings. The smallest absolute Gasteiger partial charge is 0.333 e. The van der Waals surface area contributed by atoms with Gasteiger partial charge in [0.25, 0.3) is 0 Å². The van der Waals surface area contributed by atoms with Gasteiger partial charge < -0.3 is 20.1 Å². The maximum atomic E-state index is 10.6. The second-order valence-corrected chi connectivity index (χ2v) is 6.28. The molecule has 14 heteroatoms. The van der Waals surface area contributed by atoms with Crippen molar-refractivity contribution < 1.29 is 50.9 Å². The molecular weight excluding hydrogens is 326 g/mol. The largest absolute Gasteiger partial charge is 0.388 e. The first-order chi connectivity index (χ1) is 8.91. The molecule has 0 radical (unpaired) electrons. The topological polar surface area (TPSA) is 206 Å². The van der Waals surface area contributed by atoms with Gasteiger partial charge in [0.1, 0.15) is 24.4 Å². The Bertz CT molecular complexity index is 421. The quantitative estimate of drug-likeness (QED) is 0.242. The summed E-state index contributed by atoms with van der Waals surface area (Å²) in [7, 11) is -4.77. The van der Waals surface area contributed by atoms with Crippen molar-refractivity contribution in [1.82, 2.24) is 4.72 Å². The van der Waals surface area contributed by atoms with E-state index in [1.165, 1.54) is 4.72 Å². The Kier molecular flexibility index (Phi) is 5.69. The molecule has 0 amide bonds. The third-order valence-electron chi connectivity index (χ3n) is 2.40. The van der Waals surface area contributed by atoms with Crippen LogP contribution in [0.4, 0.5) is 0 Å². The van der Waals surface area contributed by atoms with Gasteiger partial charge >= 0.3 is 10.3 Å². The number of aliphatic hydroxyl groups excluding tert-OH is 3. The highest BCUT2D eigenvalue weighted by atomic mass is 32.3. The highest BCUT2D eigenvalue weighted by Gasteiger charge is 2.45. The molecule has 122 valence electrons. The van der Waals surface area contributed by atoms with Crippen LogP contribution in [0.25, 0.3) is 0 Å². The highest BCUT2D eigenvalue weighted by Crippen LogP contribution is 2.35. The molecule has 1 fully saturated rings. The summed E-state index contributed by atoms with van der Waals surface area (Å²) in [4.78, 5) is 0. The van der Waals surface area contributed by atoms with E-state index in [2.05, 4.69) is 8.92 Å². The van der Waals surface area contributed by atoms with E-state index >= 15 is 0 Å². The van der Waals surface area contributed by atoms with Crippen LogP contribution >= 0.6 is 11.2 Å². The predicted molar refractivity (Wildman–Crippen MR) is 62.8 cm³/mol. The first-order valence-electron chi connectivity index (χ1n) is 5.00. The van der Waals surface area contributed by atoms with E-state index in [9.17, 15) is 23.7 Å². The maximum Gasteiger partial charge on any atom is 0.333 e. The fourth-order valence-electron chi connectivity index (χ4n) is 1.54. The summed E-state index contributed by atoms with van der Waals surface area (Å²) in [5, 5.41) is 28.7. The monoisotopic (exact) mass is 341 g/mol. The second kappa shape index (κ2) is 6.34. The number of nitrogens with one attached hydrogen (secondary N) is 1. The minimum Gasteiger partial charge on any atom is -0.388 e. The SMILES string of the molecule is O=S(=O)(O)N[C@@H]1[C@@H](O)[C@H](O)[C@@H](COS(O)(O)O)O[C@@H]1O. The van der Waals surface area contributed by atoms with Gasteiger partial charge in [-0.25, -0.2) is 0 Å². The Balaban J connectivity index is 2.71. The van der Waals surface area contributed by atoms with Crippen molar-refractivity contribution in [2.45, 2.75) is 30.6 Å². The lowest BCUT2D eigenvalue weighted by atomic mass is 9.98. The van der Waals surface area contributed by atoms with Gasteiger partial charge in [-0.3, -0.25) is 22.4 Å².